The maximum Gasteiger partial charge on any atom is 0.474 e. The molecule has 0 saturated carbocycles. The predicted octanol–water partition coefficient (Wildman–Crippen LogP) is 5.15. The lowest BCUT2D eigenvalue weighted by Crippen LogP contribution is -2.17. The van der Waals surface area contributed by atoms with Crippen LogP contribution in [-0.4, -0.2) is 44.6 Å². The zero-order chi connectivity index (χ0) is 25.6. The second-order valence-corrected chi connectivity index (χ2v) is 8.49. The number of anilines is 1. The smallest absolute Gasteiger partial charge is 0.462 e. The number of phosphoric ester groups is 1. The number of aldehydes is 1. The Hall–Kier alpha value is -2.27. The van der Waals surface area contributed by atoms with Gasteiger partial charge in [-0.1, -0.05) is 0 Å². The molecule has 0 bridgehead atoms. The van der Waals surface area contributed by atoms with Crippen LogP contribution in [-0.2, 0) is 38.6 Å². The second-order valence-electron chi connectivity index (χ2n) is 6.82. The average Bonchev–Trinajstić information content (AvgIpc) is 2.76. The number of hydrogen-bond acceptors (Lipinski definition) is 8. The molecular weight excluding hydrogens is 482 g/mol. The molecule has 0 saturated heterocycles. The largest absolute Gasteiger partial charge is 0.474 e. The third kappa shape index (κ3) is 10.8. The normalized spacial score (nSPS) is 11.8. The van der Waals surface area contributed by atoms with Crippen LogP contribution in [0.4, 0.5) is 18.9 Å². The third-order valence-corrected chi connectivity index (χ3v) is 5.81. The van der Waals surface area contributed by atoms with Gasteiger partial charge in [0.15, 0.2) is 0 Å². The Morgan fingerprint density at radius 2 is 1.68 bits per heavy atom. The standard InChI is InChI=1S/C21H29F3NO8P/c1-3-31-34(29,32-4-2)33-14-8-7-13-30-20(28)17-11-10-16(21(22,23)24)15-18(17)25-19(27)9-5-6-12-26/h10-12,15H,3-9,13-14H2,1-2H3,(H,25,27). The lowest BCUT2D eigenvalue weighted by atomic mass is 10.1. The van der Waals surface area contributed by atoms with E-state index in [9.17, 15) is 32.1 Å². The molecule has 13 heteroatoms. The van der Waals surface area contributed by atoms with Gasteiger partial charge in [-0.3, -0.25) is 18.4 Å². The molecule has 0 aliphatic carbocycles. The van der Waals surface area contributed by atoms with Crippen LogP contribution in [0.15, 0.2) is 18.2 Å². The maximum absolute atomic E-state index is 13.1. The summed E-state index contributed by atoms with van der Waals surface area (Å²) in [5.41, 5.74) is -1.63. The molecule has 1 N–H and O–H groups in total. The molecule has 0 atom stereocenters. The predicted molar refractivity (Wildman–Crippen MR) is 116 cm³/mol. The van der Waals surface area contributed by atoms with Gasteiger partial charge in [0, 0.05) is 12.8 Å². The van der Waals surface area contributed by atoms with Gasteiger partial charge in [0.25, 0.3) is 0 Å². The van der Waals surface area contributed by atoms with E-state index in [1.807, 2.05) is 0 Å². The van der Waals surface area contributed by atoms with E-state index >= 15 is 0 Å². The minimum Gasteiger partial charge on any atom is -0.462 e. The van der Waals surface area contributed by atoms with Gasteiger partial charge in [0.2, 0.25) is 5.91 Å². The van der Waals surface area contributed by atoms with Crippen LogP contribution in [0.25, 0.3) is 0 Å². The summed E-state index contributed by atoms with van der Waals surface area (Å²) in [7, 11) is -3.64. The van der Waals surface area contributed by atoms with Crippen molar-refractivity contribution < 1.29 is 50.4 Å². The molecule has 1 aromatic rings. The SMILES string of the molecule is CCOP(=O)(OCC)OCCCCOC(=O)c1ccc(C(F)(F)F)cc1NC(=O)CCCC=O. The maximum atomic E-state index is 13.1. The first-order valence-electron chi connectivity index (χ1n) is 10.7. The number of ether oxygens (including phenoxy) is 1. The van der Waals surface area contributed by atoms with E-state index in [2.05, 4.69) is 5.32 Å². The number of halogens is 3. The fourth-order valence-electron chi connectivity index (χ4n) is 2.61. The summed E-state index contributed by atoms with van der Waals surface area (Å²) in [6, 6.07) is 2.29. The number of carbonyl (C=O) groups excluding carboxylic acids is 3. The Bertz CT molecular complexity index is 853. The lowest BCUT2D eigenvalue weighted by molar-refractivity contribution is -0.137. The van der Waals surface area contributed by atoms with Crippen molar-refractivity contribution in [2.45, 2.75) is 52.1 Å². The first kappa shape index (κ1) is 29.8. The number of rotatable bonds is 16. The van der Waals surface area contributed by atoms with E-state index in [1.165, 1.54) is 0 Å². The van der Waals surface area contributed by atoms with Crippen molar-refractivity contribution in [1.82, 2.24) is 0 Å². The van der Waals surface area contributed by atoms with Crippen LogP contribution < -0.4 is 5.32 Å². The Morgan fingerprint density at radius 1 is 1.03 bits per heavy atom. The van der Waals surface area contributed by atoms with E-state index in [4.69, 9.17) is 18.3 Å². The van der Waals surface area contributed by atoms with Crippen LogP contribution in [0.5, 0.6) is 0 Å². The van der Waals surface area contributed by atoms with Crippen LogP contribution in [0.2, 0.25) is 0 Å². The number of unbranched alkanes of at least 4 members (excludes halogenated alkanes) is 2. The van der Waals surface area contributed by atoms with Crippen LogP contribution >= 0.6 is 7.82 Å². The third-order valence-electron chi connectivity index (χ3n) is 4.16. The summed E-state index contributed by atoms with van der Waals surface area (Å²) in [5.74, 6) is -1.56. The molecule has 1 rings (SSSR count). The number of esters is 1. The number of phosphoric acid groups is 1. The molecule has 0 fully saturated rings. The summed E-state index contributed by atoms with van der Waals surface area (Å²) < 4.78 is 71.6. The topological polar surface area (TPSA) is 117 Å². The highest BCUT2D eigenvalue weighted by atomic mass is 31.2. The quantitative estimate of drug-likeness (QED) is 0.140. The highest BCUT2D eigenvalue weighted by molar-refractivity contribution is 7.48. The van der Waals surface area contributed by atoms with Crippen molar-refractivity contribution in [2.75, 3.05) is 31.7 Å². The van der Waals surface area contributed by atoms with E-state index in [0.29, 0.717) is 31.3 Å². The summed E-state index contributed by atoms with van der Waals surface area (Å²) in [4.78, 5) is 34.8. The second kappa shape index (κ2) is 14.9. The van der Waals surface area contributed by atoms with Gasteiger partial charge < -0.3 is 14.8 Å². The molecule has 0 aliphatic heterocycles. The van der Waals surface area contributed by atoms with Gasteiger partial charge in [-0.25, -0.2) is 9.36 Å². The molecule has 0 heterocycles. The van der Waals surface area contributed by atoms with Gasteiger partial charge in [0.1, 0.15) is 6.29 Å². The number of nitrogens with one attached hydrogen (secondary N) is 1. The molecule has 0 unspecified atom stereocenters. The minimum absolute atomic E-state index is 0.0111. The van der Waals surface area contributed by atoms with Crippen molar-refractivity contribution >= 4 is 31.7 Å². The molecule has 192 valence electrons. The number of alkyl halides is 3. The van der Waals surface area contributed by atoms with Gasteiger partial charge in [-0.05, 0) is 51.3 Å². The van der Waals surface area contributed by atoms with Gasteiger partial charge in [0.05, 0.1) is 43.2 Å². The van der Waals surface area contributed by atoms with Crippen molar-refractivity contribution in [1.29, 1.82) is 0 Å². The van der Waals surface area contributed by atoms with Crippen LogP contribution in [0.3, 0.4) is 0 Å². The molecule has 1 aromatic carbocycles. The van der Waals surface area contributed by atoms with E-state index in [0.717, 1.165) is 6.07 Å². The molecule has 0 radical (unpaired) electrons. The Morgan fingerprint density at radius 3 is 2.26 bits per heavy atom. The number of hydrogen-bond donors (Lipinski definition) is 1. The van der Waals surface area contributed by atoms with Crippen LogP contribution in [0.1, 0.15) is 61.9 Å². The fourth-order valence-corrected chi connectivity index (χ4v) is 3.82. The first-order chi connectivity index (χ1) is 16.1. The van der Waals surface area contributed by atoms with Crippen molar-refractivity contribution in [3.8, 4) is 0 Å². The molecule has 0 spiro atoms. The van der Waals surface area contributed by atoms with E-state index < -0.39 is 31.4 Å². The Balaban J connectivity index is 2.70. The summed E-state index contributed by atoms with van der Waals surface area (Å²) >= 11 is 0. The summed E-state index contributed by atoms with van der Waals surface area (Å²) in [6.45, 7) is 3.46. The Kier molecular flexibility index (Phi) is 13.0. The molecule has 0 aliphatic rings. The Labute approximate surface area is 195 Å². The van der Waals surface area contributed by atoms with Crippen LogP contribution in [0, 0.1) is 0 Å². The van der Waals surface area contributed by atoms with Gasteiger partial charge in [-0.2, -0.15) is 13.2 Å². The van der Waals surface area contributed by atoms with Crippen molar-refractivity contribution in [2.24, 2.45) is 0 Å². The highest BCUT2D eigenvalue weighted by Gasteiger charge is 2.32. The summed E-state index contributed by atoms with van der Waals surface area (Å²) in [5, 5.41) is 2.28. The number of amides is 1. The molecular formula is C21H29F3NO8P. The van der Waals surface area contributed by atoms with E-state index in [-0.39, 0.29) is 56.9 Å². The van der Waals surface area contributed by atoms with Gasteiger partial charge >= 0.3 is 20.0 Å². The highest BCUT2D eigenvalue weighted by Crippen LogP contribution is 2.49. The van der Waals surface area contributed by atoms with Crippen molar-refractivity contribution in [3.05, 3.63) is 29.3 Å². The molecule has 1 amide bonds. The zero-order valence-electron chi connectivity index (χ0n) is 19.0. The first-order valence-corrected chi connectivity index (χ1v) is 12.2. The molecule has 34 heavy (non-hydrogen) atoms. The number of carbonyl (C=O) groups is 3. The zero-order valence-corrected chi connectivity index (χ0v) is 19.9. The molecule has 0 aromatic heterocycles. The summed E-state index contributed by atoms with van der Waals surface area (Å²) in [6.07, 6.45) is -3.17. The van der Waals surface area contributed by atoms with Gasteiger partial charge in [-0.15, -0.1) is 0 Å². The van der Waals surface area contributed by atoms with E-state index in [1.54, 1.807) is 13.8 Å². The minimum atomic E-state index is -4.68. The fraction of sp³-hybridized carbons (Fsp3) is 0.571. The molecule has 9 nitrogen and oxygen atoms in total. The number of benzene rings is 1. The monoisotopic (exact) mass is 511 g/mol. The lowest BCUT2D eigenvalue weighted by Gasteiger charge is -2.16. The van der Waals surface area contributed by atoms with Crippen molar-refractivity contribution in [3.63, 3.8) is 0 Å². The average molecular weight is 511 g/mol.